The second kappa shape index (κ2) is 5.74. The van der Waals surface area contributed by atoms with Crippen LogP contribution in [-0.4, -0.2) is 21.8 Å². The molecule has 4 heteroatoms. The lowest BCUT2D eigenvalue weighted by Crippen LogP contribution is -2.25. The van der Waals surface area contributed by atoms with Gasteiger partial charge in [-0.25, -0.2) is 0 Å². The molecule has 0 atom stereocenters. The number of Topliss-reactive ketones (excluding diaryl/α,β-unsaturated/α-hetero) is 1. The lowest BCUT2D eigenvalue weighted by molar-refractivity contribution is 0.101. The number of carbonyl (C=O) groups is 1. The van der Waals surface area contributed by atoms with Gasteiger partial charge in [0.2, 0.25) is 0 Å². The fourth-order valence-electron chi connectivity index (χ4n) is 2.51. The number of benzene rings is 1. The molecule has 2 aromatic rings. The van der Waals surface area contributed by atoms with Crippen molar-refractivity contribution in [1.82, 2.24) is 4.90 Å². The summed E-state index contributed by atoms with van der Waals surface area (Å²) in [5, 5.41) is 10.0. The third-order valence-corrected chi connectivity index (χ3v) is 3.86. The van der Waals surface area contributed by atoms with Gasteiger partial charge >= 0.3 is 0 Å². The summed E-state index contributed by atoms with van der Waals surface area (Å²) in [7, 11) is 0. The highest BCUT2D eigenvalue weighted by Gasteiger charge is 2.30. The quantitative estimate of drug-likeness (QED) is 0.827. The van der Waals surface area contributed by atoms with Crippen molar-refractivity contribution >= 4 is 5.78 Å². The second-order valence-electron chi connectivity index (χ2n) is 5.62. The molecular weight excluding hydrogens is 266 g/mol. The van der Waals surface area contributed by atoms with Crippen molar-refractivity contribution in [1.29, 1.82) is 0 Å². The molecule has 110 valence electrons. The van der Waals surface area contributed by atoms with Crippen molar-refractivity contribution in [3.63, 3.8) is 0 Å². The van der Waals surface area contributed by atoms with Gasteiger partial charge in [0.25, 0.3) is 0 Å². The first-order valence-corrected chi connectivity index (χ1v) is 7.23. The number of ketones is 1. The molecule has 1 aromatic carbocycles. The summed E-state index contributed by atoms with van der Waals surface area (Å²) in [4.78, 5) is 13.8. The molecule has 0 bridgehead atoms. The van der Waals surface area contributed by atoms with Gasteiger partial charge in [-0.1, -0.05) is 0 Å². The summed E-state index contributed by atoms with van der Waals surface area (Å²) in [5.41, 5.74) is 1.43. The maximum Gasteiger partial charge on any atom is 0.159 e. The van der Waals surface area contributed by atoms with E-state index >= 15 is 0 Å². The molecule has 4 nitrogen and oxygen atoms in total. The van der Waals surface area contributed by atoms with Crippen LogP contribution in [0.2, 0.25) is 0 Å². The smallest absolute Gasteiger partial charge is 0.159 e. The molecule has 0 radical (unpaired) electrons. The summed E-state index contributed by atoms with van der Waals surface area (Å²) in [6, 6.07) is 9.43. The Morgan fingerprint density at radius 3 is 2.76 bits per heavy atom. The minimum Gasteiger partial charge on any atom is -0.508 e. The van der Waals surface area contributed by atoms with Crippen molar-refractivity contribution in [2.75, 3.05) is 0 Å². The molecule has 1 heterocycles. The Balaban J connectivity index is 1.79. The van der Waals surface area contributed by atoms with E-state index in [-0.39, 0.29) is 11.5 Å². The normalized spacial score (nSPS) is 14.6. The van der Waals surface area contributed by atoms with Gasteiger partial charge < -0.3 is 9.52 Å². The van der Waals surface area contributed by atoms with Crippen LogP contribution in [0.3, 0.4) is 0 Å². The van der Waals surface area contributed by atoms with Crippen LogP contribution >= 0.6 is 0 Å². The molecular formula is C17H19NO3. The van der Waals surface area contributed by atoms with E-state index in [0.717, 1.165) is 17.9 Å². The number of rotatable bonds is 6. The zero-order valence-corrected chi connectivity index (χ0v) is 12.1. The Hall–Kier alpha value is -2.07. The molecule has 1 aliphatic carbocycles. The zero-order chi connectivity index (χ0) is 14.8. The van der Waals surface area contributed by atoms with Crippen LogP contribution in [0.15, 0.2) is 41.0 Å². The van der Waals surface area contributed by atoms with Crippen LogP contribution in [0.4, 0.5) is 0 Å². The Labute approximate surface area is 124 Å². The number of aromatic hydroxyl groups is 1. The average Bonchev–Trinajstić information content (AvgIpc) is 3.18. The zero-order valence-electron chi connectivity index (χ0n) is 12.1. The van der Waals surface area contributed by atoms with Crippen LogP contribution in [-0.2, 0) is 13.1 Å². The van der Waals surface area contributed by atoms with Crippen molar-refractivity contribution in [2.45, 2.75) is 38.9 Å². The number of phenols is 1. The molecule has 1 fully saturated rings. The minimum atomic E-state index is 0.0141. The van der Waals surface area contributed by atoms with Crippen LogP contribution < -0.4 is 0 Å². The number of carbonyl (C=O) groups excluding carboxylic acids is 1. The Morgan fingerprint density at radius 1 is 1.33 bits per heavy atom. The Morgan fingerprint density at radius 2 is 2.14 bits per heavy atom. The van der Waals surface area contributed by atoms with Gasteiger partial charge in [-0.05, 0) is 50.1 Å². The fraction of sp³-hybridized carbons (Fsp3) is 0.353. The van der Waals surface area contributed by atoms with E-state index in [1.54, 1.807) is 24.5 Å². The highest BCUT2D eigenvalue weighted by molar-refractivity contribution is 5.94. The van der Waals surface area contributed by atoms with E-state index in [1.807, 2.05) is 12.1 Å². The maximum absolute atomic E-state index is 11.5. The van der Waals surface area contributed by atoms with Crippen LogP contribution in [0.25, 0.3) is 0 Å². The van der Waals surface area contributed by atoms with Gasteiger partial charge in [0.05, 0.1) is 12.8 Å². The lowest BCUT2D eigenvalue weighted by Gasteiger charge is -2.21. The van der Waals surface area contributed by atoms with E-state index in [0.29, 0.717) is 18.2 Å². The number of hydrogen-bond donors (Lipinski definition) is 1. The van der Waals surface area contributed by atoms with E-state index in [4.69, 9.17) is 4.42 Å². The van der Waals surface area contributed by atoms with E-state index in [1.165, 1.54) is 19.8 Å². The molecule has 0 spiro atoms. The summed E-state index contributed by atoms with van der Waals surface area (Å²) >= 11 is 0. The van der Waals surface area contributed by atoms with Gasteiger partial charge in [-0.15, -0.1) is 0 Å². The number of hydrogen-bond acceptors (Lipinski definition) is 4. The van der Waals surface area contributed by atoms with Crippen molar-refractivity contribution in [2.24, 2.45) is 0 Å². The van der Waals surface area contributed by atoms with Gasteiger partial charge in [0.15, 0.2) is 5.78 Å². The predicted octanol–water partition coefficient (Wildman–Crippen LogP) is 3.35. The summed E-state index contributed by atoms with van der Waals surface area (Å²) in [6.45, 7) is 2.89. The summed E-state index contributed by atoms with van der Waals surface area (Å²) < 4.78 is 5.41. The molecule has 0 saturated heterocycles. The molecule has 0 aliphatic heterocycles. The average molecular weight is 285 g/mol. The van der Waals surface area contributed by atoms with E-state index in [9.17, 15) is 9.90 Å². The van der Waals surface area contributed by atoms with Crippen LogP contribution in [0, 0.1) is 0 Å². The third-order valence-electron chi connectivity index (χ3n) is 3.86. The van der Waals surface area contributed by atoms with Gasteiger partial charge in [-0.2, -0.15) is 0 Å². The largest absolute Gasteiger partial charge is 0.508 e. The molecule has 3 rings (SSSR count). The Bertz CT molecular complexity index is 629. The molecule has 1 aromatic heterocycles. The highest BCUT2D eigenvalue weighted by Crippen LogP contribution is 2.31. The number of furan rings is 1. The lowest BCUT2D eigenvalue weighted by atomic mass is 10.1. The summed E-state index contributed by atoms with van der Waals surface area (Å²) in [5.74, 6) is 1.18. The van der Waals surface area contributed by atoms with Crippen LogP contribution in [0.1, 0.15) is 41.4 Å². The van der Waals surface area contributed by atoms with Crippen LogP contribution in [0.5, 0.6) is 5.75 Å². The van der Waals surface area contributed by atoms with Crippen molar-refractivity contribution in [3.8, 4) is 5.75 Å². The second-order valence-corrected chi connectivity index (χ2v) is 5.62. The number of phenolic OH excluding ortho intramolecular Hbond substituents is 1. The predicted molar refractivity (Wildman–Crippen MR) is 79.1 cm³/mol. The van der Waals surface area contributed by atoms with Crippen molar-refractivity contribution < 1.29 is 14.3 Å². The first kappa shape index (κ1) is 13.9. The SMILES string of the molecule is CC(=O)c1ccc(O)c(CN(Cc2ccco2)C2CC2)c1. The molecule has 1 aliphatic rings. The monoisotopic (exact) mass is 285 g/mol. The number of nitrogens with zero attached hydrogens (tertiary/aromatic N) is 1. The third kappa shape index (κ3) is 3.34. The fourth-order valence-corrected chi connectivity index (χ4v) is 2.51. The first-order chi connectivity index (χ1) is 10.1. The van der Waals surface area contributed by atoms with Gasteiger partial charge in [0, 0.05) is 23.7 Å². The van der Waals surface area contributed by atoms with E-state index < -0.39 is 0 Å². The van der Waals surface area contributed by atoms with Gasteiger partial charge in [0.1, 0.15) is 11.5 Å². The van der Waals surface area contributed by atoms with Gasteiger partial charge in [-0.3, -0.25) is 9.69 Å². The topological polar surface area (TPSA) is 53.7 Å². The molecule has 0 amide bonds. The first-order valence-electron chi connectivity index (χ1n) is 7.23. The Kier molecular flexibility index (Phi) is 3.80. The van der Waals surface area contributed by atoms with E-state index in [2.05, 4.69) is 4.90 Å². The highest BCUT2D eigenvalue weighted by atomic mass is 16.3. The summed E-state index contributed by atoms with van der Waals surface area (Å²) in [6.07, 6.45) is 4.02. The standard InChI is InChI=1S/C17H19NO3/c1-12(19)13-4-7-17(20)14(9-13)10-18(15-5-6-15)11-16-3-2-8-21-16/h2-4,7-9,15,20H,5-6,10-11H2,1H3. The molecule has 21 heavy (non-hydrogen) atoms. The minimum absolute atomic E-state index is 0.0141. The van der Waals surface area contributed by atoms with Crippen molar-refractivity contribution in [3.05, 3.63) is 53.5 Å². The maximum atomic E-state index is 11.5. The molecule has 1 N–H and O–H groups in total. The molecule has 0 unspecified atom stereocenters. The molecule has 1 saturated carbocycles.